The molecule has 5 rings (SSSR count). The Morgan fingerprint density at radius 3 is 2.69 bits per heavy atom. The van der Waals surface area contributed by atoms with Gasteiger partial charge in [0.2, 0.25) is 0 Å². The molecule has 1 unspecified atom stereocenters. The van der Waals surface area contributed by atoms with E-state index in [1.807, 2.05) is 48.5 Å². The van der Waals surface area contributed by atoms with Gasteiger partial charge in [-0.3, -0.25) is 9.89 Å². The lowest BCUT2D eigenvalue weighted by molar-refractivity contribution is 0.0730. The summed E-state index contributed by atoms with van der Waals surface area (Å²) in [6.07, 6.45) is 1.68. The Hall–Kier alpha value is -4.23. The van der Waals surface area contributed by atoms with E-state index in [0.29, 0.717) is 46.4 Å². The average molecular weight is 502 g/mol. The number of carbonyl (C=O) groups is 1. The van der Waals surface area contributed by atoms with Crippen LogP contribution < -0.4 is 9.47 Å². The van der Waals surface area contributed by atoms with E-state index < -0.39 is 6.04 Å². The highest BCUT2D eigenvalue weighted by molar-refractivity contribution is 6.31. The van der Waals surface area contributed by atoms with Crippen LogP contribution in [0.4, 0.5) is 0 Å². The molecule has 4 aromatic rings. The number of H-pyrrole nitrogens is 1. The number of fused-ring (bicyclic) bond motifs is 1. The summed E-state index contributed by atoms with van der Waals surface area (Å²) in [5, 5.41) is 18.4. The molecular formula is C28H24ClN3O4. The van der Waals surface area contributed by atoms with E-state index in [2.05, 4.69) is 16.8 Å². The van der Waals surface area contributed by atoms with Crippen molar-refractivity contribution in [1.29, 1.82) is 0 Å². The minimum Gasteiger partial charge on any atom is -0.507 e. The quantitative estimate of drug-likeness (QED) is 0.300. The lowest BCUT2D eigenvalue weighted by Gasteiger charge is -2.27. The Balaban J connectivity index is 1.63. The van der Waals surface area contributed by atoms with Gasteiger partial charge in [0.15, 0.2) is 0 Å². The lowest BCUT2D eigenvalue weighted by Crippen LogP contribution is -2.29. The van der Waals surface area contributed by atoms with E-state index in [1.165, 1.54) is 6.07 Å². The third kappa shape index (κ3) is 4.29. The second kappa shape index (κ2) is 9.79. The predicted molar refractivity (Wildman–Crippen MR) is 138 cm³/mol. The summed E-state index contributed by atoms with van der Waals surface area (Å²) in [4.78, 5) is 15.4. The van der Waals surface area contributed by atoms with Crippen molar-refractivity contribution in [3.05, 3.63) is 107 Å². The standard InChI is InChI=1S/C28H24ClN3O4/c1-3-13-36-21-6-4-5-18(14-21)27-24-25(22-15-19(29)9-12-23(22)33)30-31-26(24)28(34)32(27)16-17-7-10-20(35-2)11-8-17/h3-12,14-15,27,33H,1,13,16H2,2H3,(H,30,31). The molecule has 0 aliphatic carbocycles. The zero-order valence-corrected chi connectivity index (χ0v) is 20.3. The Kier molecular flexibility index (Phi) is 6.40. The number of methoxy groups -OCH3 is 1. The molecule has 0 radical (unpaired) electrons. The maximum Gasteiger partial charge on any atom is 0.273 e. The number of phenols is 1. The van der Waals surface area contributed by atoms with Crippen LogP contribution in [0.1, 0.15) is 33.2 Å². The van der Waals surface area contributed by atoms with Crippen LogP contribution in [0.5, 0.6) is 17.2 Å². The minimum absolute atomic E-state index is 0.0246. The average Bonchev–Trinajstić information content (AvgIpc) is 3.43. The number of benzene rings is 3. The highest BCUT2D eigenvalue weighted by Gasteiger charge is 2.42. The summed E-state index contributed by atoms with van der Waals surface area (Å²) in [6, 6.07) is 19.5. The topological polar surface area (TPSA) is 87.7 Å². The zero-order valence-electron chi connectivity index (χ0n) is 19.6. The van der Waals surface area contributed by atoms with Gasteiger partial charge in [0.25, 0.3) is 5.91 Å². The van der Waals surface area contributed by atoms with Crippen molar-refractivity contribution in [2.75, 3.05) is 13.7 Å². The van der Waals surface area contributed by atoms with E-state index in [-0.39, 0.29) is 11.7 Å². The van der Waals surface area contributed by atoms with Crippen molar-refractivity contribution in [1.82, 2.24) is 15.1 Å². The Morgan fingerprint density at radius 2 is 1.94 bits per heavy atom. The SMILES string of the molecule is C=CCOc1cccc(C2c3c(-c4cc(Cl)ccc4O)n[nH]c3C(=O)N2Cc2ccc(OC)cc2)c1. The van der Waals surface area contributed by atoms with Gasteiger partial charge in [-0.1, -0.05) is 48.5 Å². The smallest absolute Gasteiger partial charge is 0.273 e. The number of halogens is 1. The molecule has 0 spiro atoms. The van der Waals surface area contributed by atoms with Gasteiger partial charge in [-0.25, -0.2) is 0 Å². The summed E-state index contributed by atoms with van der Waals surface area (Å²) >= 11 is 6.24. The van der Waals surface area contributed by atoms with Crippen molar-refractivity contribution in [2.24, 2.45) is 0 Å². The number of hydrogen-bond acceptors (Lipinski definition) is 5. The highest BCUT2D eigenvalue weighted by atomic mass is 35.5. The third-order valence-corrected chi connectivity index (χ3v) is 6.37. The van der Waals surface area contributed by atoms with Crippen molar-refractivity contribution < 1.29 is 19.4 Å². The molecule has 182 valence electrons. The van der Waals surface area contributed by atoms with Gasteiger partial charge in [0.1, 0.15) is 35.2 Å². The van der Waals surface area contributed by atoms with Crippen LogP contribution in [0.2, 0.25) is 5.02 Å². The monoisotopic (exact) mass is 501 g/mol. The molecule has 0 saturated heterocycles. The van der Waals surface area contributed by atoms with Gasteiger partial charge in [0, 0.05) is 22.7 Å². The van der Waals surface area contributed by atoms with Crippen LogP contribution in [0.3, 0.4) is 0 Å². The first-order valence-corrected chi connectivity index (χ1v) is 11.7. The van der Waals surface area contributed by atoms with Gasteiger partial charge in [0.05, 0.1) is 13.2 Å². The maximum absolute atomic E-state index is 13.7. The molecular weight excluding hydrogens is 478 g/mol. The molecule has 1 aromatic heterocycles. The number of amides is 1. The van der Waals surface area contributed by atoms with Crippen LogP contribution in [-0.2, 0) is 6.54 Å². The fourth-order valence-electron chi connectivity index (χ4n) is 4.47. The van der Waals surface area contributed by atoms with E-state index in [9.17, 15) is 9.90 Å². The summed E-state index contributed by atoms with van der Waals surface area (Å²) < 4.78 is 11.0. The molecule has 36 heavy (non-hydrogen) atoms. The second-order valence-corrected chi connectivity index (χ2v) is 8.81. The number of aromatic hydroxyl groups is 1. The van der Waals surface area contributed by atoms with E-state index in [4.69, 9.17) is 21.1 Å². The number of aromatic nitrogens is 2. The highest BCUT2D eigenvalue weighted by Crippen LogP contribution is 2.46. The van der Waals surface area contributed by atoms with E-state index in [1.54, 1.807) is 30.2 Å². The fourth-order valence-corrected chi connectivity index (χ4v) is 4.64. The number of ether oxygens (including phenoxy) is 2. The molecule has 1 atom stereocenters. The predicted octanol–water partition coefficient (Wildman–Crippen LogP) is 5.75. The largest absolute Gasteiger partial charge is 0.507 e. The van der Waals surface area contributed by atoms with Gasteiger partial charge < -0.3 is 19.5 Å². The molecule has 2 heterocycles. The molecule has 2 N–H and O–H groups in total. The Morgan fingerprint density at radius 1 is 1.14 bits per heavy atom. The molecule has 7 nitrogen and oxygen atoms in total. The van der Waals surface area contributed by atoms with Gasteiger partial charge >= 0.3 is 0 Å². The first-order chi connectivity index (χ1) is 17.5. The summed E-state index contributed by atoms with van der Waals surface area (Å²) in [5.74, 6) is 1.23. The van der Waals surface area contributed by atoms with Crippen molar-refractivity contribution in [3.8, 4) is 28.5 Å². The number of rotatable bonds is 8. The number of nitrogens with zero attached hydrogens (tertiary/aromatic N) is 2. The third-order valence-electron chi connectivity index (χ3n) is 6.13. The Labute approximate surface area is 213 Å². The van der Waals surface area contributed by atoms with Gasteiger partial charge in [-0.05, 0) is 53.6 Å². The van der Waals surface area contributed by atoms with E-state index >= 15 is 0 Å². The second-order valence-electron chi connectivity index (χ2n) is 8.38. The summed E-state index contributed by atoms with van der Waals surface area (Å²) in [6.45, 7) is 4.42. The number of phenolic OH excluding ortho intramolecular Hbond substituents is 1. The van der Waals surface area contributed by atoms with Crippen LogP contribution in [0.25, 0.3) is 11.3 Å². The van der Waals surface area contributed by atoms with Gasteiger partial charge in [-0.2, -0.15) is 5.10 Å². The van der Waals surface area contributed by atoms with Crippen molar-refractivity contribution >= 4 is 17.5 Å². The Bertz CT molecular complexity index is 1430. The molecule has 0 bridgehead atoms. The molecule has 8 heteroatoms. The summed E-state index contributed by atoms with van der Waals surface area (Å²) in [5.41, 5.74) is 3.76. The van der Waals surface area contributed by atoms with Crippen molar-refractivity contribution in [2.45, 2.75) is 12.6 Å². The number of carbonyl (C=O) groups excluding carboxylic acids is 1. The lowest BCUT2D eigenvalue weighted by atomic mass is 9.95. The van der Waals surface area contributed by atoms with Crippen molar-refractivity contribution in [3.63, 3.8) is 0 Å². The number of hydrogen-bond donors (Lipinski definition) is 2. The first kappa shape index (κ1) is 23.5. The van der Waals surface area contributed by atoms with Crippen LogP contribution in [0, 0.1) is 0 Å². The normalized spacial score (nSPS) is 14.6. The number of nitrogens with one attached hydrogen (secondary N) is 1. The molecule has 1 aliphatic heterocycles. The molecule has 0 saturated carbocycles. The van der Waals surface area contributed by atoms with Crippen LogP contribution >= 0.6 is 11.6 Å². The van der Waals surface area contributed by atoms with E-state index in [0.717, 1.165) is 16.9 Å². The van der Waals surface area contributed by atoms with Crippen LogP contribution in [-0.4, -0.2) is 39.8 Å². The molecule has 3 aromatic carbocycles. The van der Waals surface area contributed by atoms with Gasteiger partial charge in [-0.15, -0.1) is 0 Å². The minimum atomic E-state index is -0.478. The number of aromatic amines is 1. The first-order valence-electron chi connectivity index (χ1n) is 11.3. The molecule has 1 aliphatic rings. The molecule has 0 fully saturated rings. The maximum atomic E-state index is 13.7. The molecule has 1 amide bonds. The van der Waals surface area contributed by atoms with Crippen LogP contribution in [0.15, 0.2) is 79.4 Å². The fraction of sp³-hybridized carbons (Fsp3) is 0.143. The zero-order chi connectivity index (χ0) is 25.2. The summed E-state index contributed by atoms with van der Waals surface area (Å²) in [7, 11) is 1.61.